The third kappa shape index (κ3) is 2.82. The first kappa shape index (κ1) is 14.5. The minimum absolute atomic E-state index is 0. The topological polar surface area (TPSA) is 99.6 Å². The molecule has 0 radical (unpaired) electrons. The molecule has 1 aromatic heterocycles. The number of hydrogen-bond acceptors (Lipinski definition) is 6. The fraction of sp³-hybridized carbons (Fsp3) is 0. The fourth-order valence-electron chi connectivity index (χ4n) is 2.28. The highest BCUT2D eigenvalue weighted by Gasteiger charge is 2.14. The lowest BCUT2D eigenvalue weighted by Crippen LogP contribution is -2.22. The van der Waals surface area contributed by atoms with Gasteiger partial charge in [0.25, 0.3) is 0 Å². The van der Waals surface area contributed by atoms with Crippen molar-refractivity contribution in [3.8, 4) is 5.75 Å². The van der Waals surface area contributed by atoms with E-state index in [1.54, 1.807) is 24.4 Å². The van der Waals surface area contributed by atoms with E-state index >= 15 is 0 Å². The van der Waals surface area contributed by atoms with E-state index in [1.807, 2.05) is 24.3 Å². The molecule has 0 aliphatic rings. The molecule has 2 aromatic carbocycles. The molecule has 0 unspecified atom stereocenters. The molecule has 114 valence electrons. The Hall–Kier alpha value is -3.41. The van der Waals surface area contributed by atoms with Crippen molar-refractivity contribution in [2.45, 2.75) is 0 Å². The van der Waals surface area contributed by atoms with Crippen molar-refractivity contribution < 1.29 is 26.0 Å². The van der Waals surface area contributed by atoms with Gasteiger partial charge < -0.3 is 19.7 Å². The van der Waals surface area contributed by atoms with Crippen LogP contribution in [-0.2, 0) is 9.59 Å². The number of rotatable bonds is 3. The second kappa shape index (κ2) is 5.76. The summed E-state index contributed by atoms with van der Waals surface area (Å²) in [4.78, 5) is 26.5. The molecule has 3 aromatic rings. The van der Waals surface area contributed by atoms with Crippen molar-refractivity contribution in [1.29, 1.82) is 0 Å². The number of carboxylic acids is 1. The molecule has 6 heteroatoms. The van der Waals surface area contributed by atoms with Crippen LogP contribution in [0.3, 0.4) is 0 Å². The van der Waals surface area contributed by atoms with E-state index in [-0.39, 0.29) is 13.3 Å². The number of carbonyl (C=O) groups is 2. The molecular formula is C17H11NO5. The third-order valence-corrected chi connectivity index (χ3v) is 3.24. The maximum atomic E-state index is 11.8. The molecular weight excluding hydrogens is 298 g/mol. The first-order chi connectivity index (χ1) is 11.1. The van der Waals surface area contributed by atoms with Crippen LogP contribution in [-0.4, -0.2) is 22.0 Å². The molecule has 0 aliphatic heterocycles. The van der Waals surface area contributed by atoms with Crippen LogP contribution in [0.4, 0.5) is 0 Å². The predicted octanol–water partition coefficient (Wildman–Crippen LogP) is 1.60. The largest absolute Gasteiger partial charge is 1.00 e. The number of esters is 1. The zero-order chi connectivity index (χ0) is 16.4. The van der Waals surface area contributed by atoms with Gasteiger partial charge in [-0.1, -0.05) is 30.3 Å². The average Bonchev–Trinajstić information content (AvgIpc) is 2.54. The predicted molar refractivity (Wildman–Crippen MR) is 81.7 cm³/mol. The Morgan fingerprint density at radius 1 is 1.17 bits per heavy atom. The summed E-state index contributed by atoms with van der Waals surface area (Å²) in [6.45, 7) is 0. The third-order valence-electron chi connectivity index (χ3n) is 3.24. The first-order valence-electron chi connectivity index (χ1n) is 6.66. The van der Waals surface area contributed by atoms with E-state index in [0.29, 0.717) is 10.9 Å². The van der Waals surface area contributed by atoms with Crippen molar-refractivity contribution in [2.75, 3.05) is 0 Å². The average molecular weight is 309 g/mol. The van der Waals surface area contributed by atoms with E-state index in [1.165, 1.54) is 0 Å². The molecule has 0 spiro atoms. The summed E-state index contributed by atoms with van der Waals surface area (Å²) in [6.07, 6.45) is 1.97. The van der Waals surface area contributed by atoms with Gasteiger partial charge in [-0.3, -0.25) is 4.98 Å². The molecule has 6 nitrogen and oxygen atoms in total. The Balaban J connectivity index is 0.00000208. The van der Waals surface area contributed by atoms with Gasteiger partial charge in [0.15, 0.2) is 0 Å². The van der Waals surface area contributed by atoms with Gasteiger partial charge in [0.1, 0.15) is 5.75 Å². The number of aromatic nitrogens is 1. The van der Waals surface area contributed by atoms with Gasteiger partial charge in [0.2, 0.25) is 5.76 Å². The van der Waals surface area contributed by atoms with Crippen molar-refractivity contribution in [3.05, 3.63) is 60.5 Å². The van der Waals surface area contributed by atoms with Crippen molar-refractivity contribution in [2.24, 2.45) is 0 Å². The normalized spacial score (nSPS) is 11.6. The molecule has 0 atom stereocenters. The minimum Gasteiger partial charge on any atom is -0.545 e. The highest BCUT2D eigenvalue weighted by Crippen LogP contribution is 2.31. The summed E-state index contributed by atoms with van der Waals surface area (Å²) in [5.41, 5.74) is 0.609. The van der Waals surface area contributed by atoms with Gasteiger partial charge in [-0.15, -0.1) is 0 Å². The van der Waals surface area contributed by atoms with Crippen LogP contribution in [0, 0.1) is 0 Å². The number of aliphatic carboxylic acids is 1. The van der Waals surface area contributed by atoms with Crippen LogP contribution >= 0.6 is 0 Å². The van der Waals surface area contributed by atoms with Crippen LogP contribution in [0.25, 0.3) is 21.7 Å². The van der Waals surface area contributed by atoms with Gasteiger partial charge in [-0.05, 0) is 17.5 Å². The second-order valence-electron chi connectivity index (χ2n) is 4.73. The van der Waals surface area contributed by atoms with Crippen molar-refractivity contribution in [1.82, 2.24) is 4.98 Å². The quantitative estimate of drug-likeness (QED) is 0.259. The smallest absolute Gasteiger partial charge is 0.545 e. The van der Waals surface area contributed by atoms with Gasteiger partial charge in [-0.25, -0.2) is 4.79 Å². The number of carboxylic acid groups (broad SMARTS) is 1. The first-order valence-corrected chi connectivity index (χ1v) is 6.66. The van der Waals surface area contributed by atoms with Gasteiger partial charge >= 0.3 is 7.40 Å². The second-order valence-corrected chi connectivity index (χ2v) is 4.73. The van der Waals surface area contributed by atoms with E-state index in [4.69, 9.17) is 4.74 Å². The number of nitrogens with zero attached hydrogens (tertiary/aromatic N) is 1. The Bertz CT molecular complexity index is 968. The number of carbonyl (C=O) groups excluding carboxylic acids is 2. The zero-order valence-corrected chi connectivity index (χ0v) is 11.7. The zero-order valence-electron chi connectivity index (χ0n) is 12.7. The van der Waals surface area contributed by atoms with Crippen molar-refractivity contribution >= 4 is 33.6 Å². The molecule has 0 amide bonds. The summed E-state index contributed by atoms with van der Waals surface area (Å²) in [5.74, 6) is -3.75. The number of aliphatic hydroxyl groups is 1. The highest BCUT2D eigenvalue weighted by atomic mass is 16.5. The summed E-state index contributed by atoms with van der Waals surface area (Å²) in [5, 5.41) is 22.1. The summed E-state index contributed by atoms with van der Waals surface area (Å²) >= 11 is 0. The van der Waals surface area contributed by atoms with Crippen LogP contribution < -0.4 is 9.84 Å². The lowest BCUT2D eigenvalue weighted by Gasteiger charge is -2.09. The molecule has 0 saturated carbocycles. The monoisotopic (exact) mass is 309 g/mol. The minimum atomic E-state index is -1.69. The Morgan fingerprint density at radius 3 is 2.74 bits per heavy atom. The van der Waals surface area contributed by atoms with Crippen molar-refractivity contribution in [3.63, 3.8) is 0 Å². The summed E-state index contributed by atoms with van der Waals surface area (Å²) < 4.78 is 5.11. The molecule has 0 fully saturated rings. The maximum absolute atomic E-state index is 11.8. The van der Waals surface area contributed by atoms with Crippen LogP contribution in [0.15, 0.2) is 60.5 Å². The molecule has 1 N–H and O–H groups in total. The lowest BCUT2D eigenvalue weighted by molar-refractivity contribution is -0.297. The number of aliphatic hydroxyl groups excluding tert-OH is 1. The van der Waals surface area contributed by atoms with Crippen LogP contribution in [0.1, 0.15) is 1.43 Å². The van der Waals surface area contributed by atoms with E-state index in [0.717, 1.165) is 10.8 Å². The summed E-state index contributed by atoms with van der Waals surface area (Å²) in [6, 6.07) is 12.4. The Morgan fingerprint density at radius 2 is 1.96 bits per heavy atom. The van der Waals surface area contributed by atoms with E-state index < -0.39 is 17.7 Å². The number of benzene rings is 2. The molecule has 0 saturated heterocycles. The molecule has 23 heavy (non-hydrogen) atoms. The number of pyridine rings is 1. The Labute approximate surface area is 131 Å². The van der Waals surface area contributed by atoms with Gasteiger partial charge in [0, 0.05) is 17.7 Å². The highest BCUT2D eigenvalue weighted by molar-refractivity contribution is 6.09. The SMILES string of the molecule is O=C([O-])/C=C(/O)C(=O)Oc1cccc2ncc3ccccc3c12.[H+]. The van der Waals surface area contributed by atoms with Crippen LogP contribution in [0.2, 0.25) is 0 Å². The Kier molecular flexibility index (Phi) is 3.64. The number of ether oxygens (including phenoxy) is 1. The van der Waals surface area contributed by atoms with E-state index in [2.05, 4.69) is 4.98 Å². The van der Waals surface area contributed by atoms with Gasteiger partial charge in [-0.2, -0.15) is 0 Å². The number of fused-ring (bicyclic) bond motifs is 3. The van der Waals surface area contributed by atoms with E-state index in [9.17, 15) is 19.8 Å². The van der Waals surface area contributed by atoms with Crippen LogP contribution in [0.5, 0.6) is 5.75 Å². The lowest BCUT2D eigenvalue weighted by atomic mass is 10.1. The molecule has 3 rings (SSSR count). The standard InChI is InChI=1S/C17H11NO5/c19-13(8-15(20)21)17(22)23-14-7-3-6-12-16(14)11-5-2-1-4-10(11)9-18-12/h1-9,19H,(H,20,21)/b13-8+. The fourth-order valence-corrected chi connectivity index (χ4v) is 2.28. The van der Waals surface area contributed by atoms with Gasteiger partial charge in [0.05, 0.1) is 16.9 Å². The molecule has 0 bridgehead atoms. The summed E-state index contributed by atoms with van der Waals surface area (Å²) in [7, 11) is 0. The number of hydrogen-bond donors (Lipinski definition) is 1. The molecule has 0 aliphatic carbocycles. The maximum Gasteiger partial charge on any atom is 1.00 e. The molecule has 1 heterocycles.